The summed E-state index contributed by atoms with van der Waals surface area (Å²) >= 11 is 0. The van der Waals surface area contributed by atoms with Crippen molar-refractivity contribution in [2.75, 3.05) is 7.11 Å². The van der Waals surface area contributed by atoms with E-state index < -0.39 is 0 Å². The van der Waals surface area contributed by atoms with E-state index in [1.165, 1.54) is 31.4 Å². The molecule has 2 aromatic carbocycles. The maximum atomic E-state index is 12.9. The second-order valence-corrected chi connectivity index (χ2v) is 4.42. The van der Waals surface area contributed by atoms with Crippen LogP contribution in [0, 0.1) is 5.82 Å². The van der Waals surface area contributed by atoms with E-state index in [0.29, 0.717) is 5.56 Å². The lowest BCUT2D eigenvalue weighted by molar-refractivity contribution is 0.0545. The van der Waals surface area contributed by atoms with Gasteiger partial charge in [0.25, 0.3) is 0 Å². The van der Waals surface area contributed by atoms with Crippen molar-refractivity contribution in [3.8, 4) is 0 Å². The van der Waals surface area contributed by atoms with Gasteiger partial charge in [-0.3, -0.25) is 4.79 Å². The number of ketones is 1. The lowest BCUT2D eigenvalue weighted by atomic mass is 9.98. The maximum Gasteiger partial charge on any atom is 0.164 e. The van der Waals surface area contributed by atoms with E-state index in [-0.39, 0.29) is 24.1 Å². The molecule has 0 aliphatic heterocycles. The summed E-state index contributed by atoms with van der Waals surface area (Å²) in [5.74, 6) is -0.417. The molecule has 0 fully saturated rings. The number of carbonyl (C=O) groups is 1. The second-order valence-electron chi connectivity index (χ2n) is 4.42. The fourth-order valence-corrected chi connectivity index (χ4v) is 1.99. The summed E-state index contributed by atoms with van der Waals surface area (Å²) in [4.78, 5) is 17.1. The zero-order valence-corrected chi connectivity index (χ0v) is 11.2. The molecule has 20 heavy (non-hydrogen) atoms. The number of hydroxylamine groups is 1. The number of Topliss-reactive ketones (excluding diaryl/α,β-unsaturated/α-hetero) is 1. The van der Waals surface area contributed by atoms with Crippen molar-refractivity contribution >= 4 is 5.78 Å². The summed E-state index contributed by atoms with van der Waals surface area (Å²) in [7, 11) is 1.51. The Kier molecular flexibility index (Phi) is 4.98. The number of halogens is 1. The molecule has 104 valence electrons. The molecule has 0 spiro atoms. The van der Waals surface area contributed by atoms with Gasteiger partial charge in [0, 0.05) is 12.0 Å². The largest absolute Gasteiger partial charge is 0.305 e. The van der Waals surface area contributed by atoms with E-state index in [9.17, 15) is 9.18 Å². The molecule has 0 aliphatic rings. The lowest BCUT2D eigenvalue weighted by Gasteiger charge is -2.17. The highest BCUT2D eigenvalue weighted by molar-refractivity contribution is 5.96. The Balaban J connectivity index is 2.12. The van der Waals surface area contributed by atoms with Crippen LogP contribution in [0.1, 0.15) is 28.4 Å². The summed E-state index contributed by atoms with van der Waals surface area (Å²) in [6.45, 7) is 0. The van der Waals surface area contributed by atoms with Crippen molar-refractivity contribution in [3.63, 3.8) is 0 Å². The smallest absolute Gasteiger partial charge is 0.164 e. The molecule has 0 aliphatic carbocycles. The van der Waals surface area contributed by atoms with Crippen LogP contribution in [-0.4, -0.2) is 12.9 Å². The summed E-state index contributed by atoms with van der Waals surface area (Å²) in [5, 5.41) is 0. The molecule has 2 aromatic rings. The predicted molar refractivity (Wildman–Crippen MR) is 74.7 cm³/mol. The topological polar surface area (TPSA) is 38.3 Å². The third-order valence-electron chi connectivity index (χ3n) is 3.02. The molecule has 0 saturated heterocycles. The van der Waals surface area contributed by atoms with Crippen molar-refractivity contribution in [1.82, 2.24) is 5.48 Å². The second kappa shape index (κ2) is 6.93. The lowest BCUT2D eigenvalue weighted by Crippen LogP contribution is -2.23. The highest BCUT2D eigenvalue weighted by Gasteiger charge is 2.16. The molecule has 0 amide bonds. The van der Waals surface area contributed by atoms with Crippen LogP contribution in [-0.2, 0) is 4.84 Å². The van der Waals surface area contributed by atoms with Crippen LogP contribution >= 0.6 is 0 Å². The van der Waals surface area contributed by atoms with Crippen LogP contribution in [0.3, 0.4) is 0 Å². The van der Waals surface area contributed by atoms with Crippen LogP contribution in [0.15, 0.2) is 54.6 Å². The summed E-state index contributed by atoms with van der Waals surface area (Å²) < 4.78 is 12.9. The van der Waals surface area contributed by atoms with Crippen LogP contribution in [0.2, 0.25) is 0 Å². The fraction of sp³-hybridized carbons (Fsp3) is 0.188. The molecule has 0 bridgehead atoms. The first-order valence-corrected chi connectivity index (χ1v) is 6.33. The maximum absolute atomic E-state index is 12.9. The van der Waals surface area contributed by atoms with Crippen LogP contribution < -0.4 is 5.48 Å². The average Bonchev–Trinajstić information content (AvgIpc) is 2.48. The van der Waals surface area contributed by atoms with Crippen LogP contribution in [0.5, 0.6) is 0 Å². The monoisotopic (exact) mass is 273 g/mol. The van der Waals surface area contributed by atoms with Gasteiger partial charge in [-0.2, -0.15) is 5.48 Å². The predicted octanol–water partition coefficient (Wildman–Crippen LogP) is 3.29. The van der Waals surface area contributed by atoms with Crippen molar-refractivity contribution in [2.24, 2.45) is 0 Å². The number of rotatable bonds is 6. The molecule has 1 N–H and O–H groups in total. The van der Waals surface area contributed by atoms with Gasteiger partial charge < -0.3 is 4.84 Å². The van der Waals surface area contributed by atoms with E-state index in [2.05, 4.69) is 5.48 Å². The average molecular weight is 273 g/mol. The standard InChI is InChI=1S/C16H16FNO2/c1-20-18-15(12-5-3-2-4-6-12)11-16(19)13-7-9-14(17)10-8-13/h2-10,15,18H,11H2,1H3/t15-/m0/s1. The van der Waals surface area contributed by atoms with Crippen LogP contribution in [0.4, 0.5) is 4.39 Å². The number of carbonyl (C=O) groups excluding carboxylic acids is 1. The van der Waals surface area contributed by atoms with Gasteiger partial charge in [0.1, 0.15) is 5.82 Å². The number of nitrogens with one attached hydrogen (secondary N) is 1. The number of benzene rings is 2. The Morgan fingerprint density at radius 3 is 2.40 bits per heavy atom. The first kappa shape index (κ1) is 14.4. The highest BCUT2D eigenvalue weighted by Crippen LogP contribution is 2.19. The van der Waals surface area contributed by atoms with E-state index in [4.69, 9.17) is 4.84 Å². The Morgan fingerprint density at radius 1 is 1.15 bits per heavy atom. The van der Waals surface area contributed by atoms with Crippen molar-refractivity contribution in [2.45, 2.75) is 12.5 Å². The zero-order chi connectivity index (χ0) is 14.4. The summed E-state index contributed by atoms with van der Waals surface area (Å²) in [6, 6.07) is 14.9. The SMILES string of the molecule is CON[C@@H](CC(=O)c1ccc(F)cc1)c1ccccc1. The molecular weight excluding hydrogens is 257 g/mol. The summed E-state index contributed by atoms with van der Waals surface area (Å²) in [6.07, 6.45) is 0.240. The minimum atomic E-state index is -0.351. The normalized spacial score (nSPS) is 12.1. The van der Waals surface area contributed by atoms with Gasteiger partial charge in [0.05, 0.1) is 13.2 Å². The first-order chi connectivity index (χ1) is 9.70. The van der Waals surface area contributed by atoms with E-state index in [1.54, 1.807) is 0 Å². The molecule has 0 saturated carbocycles. The van der Waals surface area contributed by atoms with Gasteiger partial charge in [0.15, 0.2) is 5.78 Å². The Bertz CT molecular complexity index is 554. The Hall–Kier alpha value is -2.04. The van der Waals surface area contributed by atoms with Crippen molar-refractivity contribution in [3.05, 3.63) is 71.5 Å². The van der Waals surface area contributed by atoms with Gasteiger partial charge >= 0.3 is 0 Å². The van der Waals surface area contributed by atoms with Gasteiger partial charge in [0.2, 0.25) is 0 Å². The van der Waals surface area contributed by atoms with E-state index in [0.717, 1.165) is 5.56 Å². The quantitative estimate of drug-likeness (QED) is 0.648. The van der Waals surface area contributed by atoms with Gasteiger partial charge in [-0.05, 0) is 29.8 Å². The first-order valence-electron chi connectivity index (χ1n) is 6.33. The van der Waals surface area contributed by atoms with E-state index >= 15 is 0 Å². The molecule has 0 radical (unpaired) electrons. The van der Waals surface area contributed by atoms with Crippen LogP contribution in [0.25, 0.3) is 0 Å². The van der Waals surface area contributed by atoms with Crippen molar-refractivity contribution < 1.29 is 14.0 Å². The Morgan fingerprint density at radius 2 is 1.80 bits per heavy atom. The number of hydrogen-bond acceptors (Lipinski definition) is 3. The van der Waals surface area contributed by atoms with Crippen molar-refractivity contribution in [1.29, 1.82) is 0 Å². The molecule has 3 nitrogen and oxygen atoms in total. The minimum absolute atomic E-state index is 0.0663. The molecule has 0 heterocycles. The van der Waals surface area contributed by atoms with Gasteiger partial charge in [-0.1, -0.05) is 30.3 Å². The molecular formula is C16H16FNO2. The van der Waals surface area contributed by atoms with Gasteiger partial charge in [-0.25, -0.2) is 4.39 Å². The van der Waals surface area contributed by atoms with E-state index in [1.807, 2.05) is 30.3 Å². The highest BCUT2D eigenvalue weighted by atomic mass is 19.1. The molecule has 0 aromatic heterocycles. The minimum Gasteiger partial charge on any atom is -0.305 e. The van der Waals surface area contributed by atoms with Gasteiger partial charge in [-0.15, -0.1) is 0 Å². The third-order valence-corrected chi connectivity index (χ3v) is 3.02. The third kappa shape index (κ3) is 3.73. The molecule has 2 rings (SSSR count). The summed E-state index contributed by atoms with van der Waals surface area (Å²) in [5.41, 5.74) is 4.27. The zero-order valence-electron chi connectivity index (χ0n) is 11.2. The molecule has 4 heteroatoms. The Labute approximate surface area is 117 Å². The molecule has 0 unspecified atom stereocenters. The molecule has 1 atom stereocenters. The number of hydrogen-bond donors (Lipinski definition) is 1. The fourth-order valence-electron chi connectivity index (χ4n) is 1.99.